The lowest BCUT2D eigenvalue weighted by Crippen LogP contribution is -2.65. The lowest BCUT2D eigenvalue weighted by molar-refractivity contribution is -0.195. The van der Waals surface area contributed by atoms with E-state index in [1.165, 1.54) is 5.57 Å². The monoisotopic (exact) mass is 451 g/mol. The maximum absolute atomic E-state index is 14.0. The molecule has 0 heterocycles. The first-order valence-electron chi connectivity index (χ1n) is 13.0. The van der Waals surface area contributed by atoms with Gasteiger partial charge >= 0.3 is 0 Å². The van der Waals surface area contributed by atoms with Gasteiger partial charge in [-0.25, -0.2) is 0 Å². The van der Waals surface area contributed by atoms with Crippen LogP contribution in [0.3, 0.4) is 0 Å². The van der Waals surface area contributed by atoms with Crippen molar-refractivity contribution in [2.45, 2.75) is 98.5 Å². The Kier molecular flexibility index (Phi) is 4.74. The number of allylic oxidation sites excluding steroid dienone is 4. The fourth-order valence-corrected chi connectivity index (χ4v) is 9.50. The van der Waals surface area contributed by atoms with Gasteiger partial charge in [-0.3, -0.25) is 4.79 Å². The molecule has 0 aromatic heterocycles. The Morgan fingerprint density at radius 1 is 1.03 bits per heavy atom. The minimum Gasteiger partial charge on any atom is -0.511 e. The van der Waals surface area contributed by atoms with Gasteiger partial charge in [-0.2, -0.15) is 5.26 Å². The second-order valence-electron chi connectivity index (χ2n) is 13.8. The number of hydrogen-bond donors (Lipinski definition) is 2. The molecule has 4 heteroatoms. The van der Waals surface area contributed by atoms with Crippen LogP contribution in [-0.4, -0.2) is 21.6 Å². The molecule has 0 saturated heterocycles. The van der Waals surface area contributed by atoms with E-state index >= 15 is 0 Å². The average Bonchev–Trinajstić information content (AvgIpc) is 2.74. The molecule has 5 aliphatic carbocycles. The van der Waals surface area contributed by atoms with Gasteiger partial charge in [-0.15, -0.1) is 0 Å². The van der Waals surface area contributed by atoms with E-state index in [0.29, 0.717) is 12.0 Å². The topological polar surface area (TPSA) is 81.3 Å². The Bertz CT molecular complexity index is 1020. The fourth-order valence-electron chi connectivity index (χ4n) is 9.50. The third-order valence-electron chi connectivity index (χ3n) is 11.7. The lowest BCUT2D eigenvalue weighted by atomic mass is 9.36. The predicted molar refractivity (Wildman–Crippen MR) is 128 cm³/mol. The first-order valence-corrected chi connectivity index (χ1v) is 13.0. The number of carbonyl (C=O) groups excluding carboxylic acids is 1. The van der Waals surface area contributed by atoms with Crippen molar-refractivity contribution in [3.8, 4) is 6.07 Å². The number of nitrogens with zero attached hydrogens (tertiary/aromatic N) is 1. The number of nitriles is 1. The highest BCUT2D eigenvalue weighted by atomic mass is 16.3. The molecular formula is C29H41NO3. The molecule has 3 saturated carbocycles. The summed E-state index contributed by atoms with van der Waals surface area (Å²) in [6, 6.07) is 2.26. The van der Waals surface area contributed by atoms with Crippen LogP contribution in [0.15, 0.2) is 23.0 Å². The SMILES string of the molecule is C[C@@H]1C(O)=C(C#N)C[C@]2(C)C3=CC(=O)C4C5CC(C)(C)CC[C@]5(O)CC[C@@]4(C)[C@]3(C)CC[C@@H]12. The van der Waals surface area contributed by atoms with Crippen molar-refractivity contribution in [1.29, 1.82) is 5.26 Å². The van der Waals surface area contributed by atoms with E-state index in [1.807, 2.05) is 13.0 Å². The summed E-state index contributed by atoms with van der Waals surface area (Å²) in [6.07, 6.45) is 8.81. The zero-order valence-electron chi connectivity index (χ0n) is 21.3. The Morgan fingerprint density at radius 2 is 1.70 bits per heavy atom. The molecule has 8 atom stereocenters. The molecule has 0 amide bonds. The summed E-state index contributed by atoms with van der Waals surface area (Å²) in [6.45, 7) is 13.5. The molecule has 33 heavy (non-hydrogen) atoms. The molecule has 0 bridgehead atoms. The first-order chi connectivity index (χ1) is 15.2. The number of ketones is 1. The zero-order chi connectivity index (χ0) is 24.2. The molecule has 0 spiro atoms. The van der Waals surface area contributed by atoms with Crippen LogP contribution < -0.4 is 0 Å². The molecule has 2 N–H and O–H groups in total. The van der Waals surface area contributed by atoms with Gasteiger partial charge in [0.1, 0.15) is 5.76 Å². The van der Waals surface area contributed by atoms with Crippen LogP contribution in [0.1, 0.15) is 92.9 Å². The van der Waals surface area contributed by atoms with E-state index in [0.717, 1.165) is 44.9 Å². The van der Waals surface area contributed by atoms with Crippen molar-refractivity contribution in [2.75, 3.05) is 0 Å². The third kappa shape index (κ3) is 2.81. The van der Waals surface area contributed by atoms with E-state index in [2.05, 4.69) is 40.7 Å². The van der Waals surface area contributed by atoms with Crippen molar-refractivity contribution in [2.24, 2.45) is 45.3 Å². The fraction of sp³-hybridized carbons (Fsp3) is 0.793. The van der Waals surface area contributed by atoms with Gasteiger partial charge in [0.25, 0.3) is 0 Å². The van der Waals surface area contributed by atoms with E-state index < -0.39 is 5.60 Å². The maximum atomic E-state index is 14.0. The molecular weight excluding hydrogens is 410 g/mol. The average molecular weight is 452 g/mol. The second kappa shape index (κ2) is 6.75. The summed E-state index contributed by atoms with van der Waals surface area (Å²) >= 11 is 0. The number of rotatable bonds is 0. The van der Waals surface area contributed by atoms with Crippen molar-refractivity contribution in [1.82, 2.24) is 0 Å². The molecule has 0 aliphatic heterocycles. The summed E-state index contributed by atoms with van der Waals surface area (Å²) in [5.41, 5.74) is 0.471. The normalized spacial score (nSPS) is 50.8. The molecule has 180 valence electrons. The molecule has 5 rings (SSSR count). The minimum absolute atomic E-state index is 0.0107. The molecule has 0 aromatic rings. The molecule has 4 nitrogen and oxygen atoms in total. The van der Waals surface area contributed by atoms with Crippen LogP contribution in [0.2, 0.25) is 0 Å². The van der Waals surface area contributed by atoms with Crippen molar-refractivity contribution >= 4 is 5.78 Å². The number of aliphatic hydroxyl groups is 2. The second-order valence-corrected chi connectivity index (χ2v) is 13.8. The Balaban J connectivity index is 1.65. The van der Waals surface area contributed by atoms with Gasteiger partial charge in [0.2, 0.25) is 0 Å². The summed E-state index contributed by atoms with van der Waals surface area (Å²) in [7, 11) is 0. The van der Waals surface area contributed by atoms with E-state index in [9.17, 15) is 20.3 Å². The summed E-state index contributed by atoms with van der Waals surface area (Å²) in [4.78, 5) is 14.0. The highest BCUT2D eigenvalue weighted by Crippen LogP contribution is 2.73. The molecule has 3 fully saturated rings. The van der Waals surface area contributed by atoms with Crippen molar-refractivity contribution in [3.05, 3.63) is 23.0 Å². The van der Waals surface area contributed by atoms with E-state index in [4.69, 9.17) is 0 Å². The highest BCUT2D eigenvalue weighted by Gasteiger charge is 2.68. The van der Waals surface area contributed by atoms with Gasteiger partial charge in [0.15, 0.2) is 5.78 Å². The zero-order valence-corrected chi connectivity index (χ0v) is 21.3. The summed E-state index contributed by atoms with van der Waals surface area (Å²) in [5, 5.41) is 32.2. The molecule has 2 unspecified atom stereocenters. The summed E-state index contributed by atoms with van der Waals surface area (Å²) < 4.78 is 0. The smallest absolute Gasteiger partial charge is 0.159 e. The summed E-state index contributed by atoms with van der Waals surface area (Å²) in [5.74, 6) is 0.470. The Hall–Kier alpha value is -1.60. The van der Waals surface area contributed by atoms with Crippen LogP contribution in [0.25, 0.3) is 0 Å². The van der Waals surface area contributed by atoms with E-state index in [-0.39, 0.29) is 56.9 Å². The van der Waals surface area contributed by atoms with Gasteiger partial charge < -0.3 is 10.2 Å². The highest BCUT2D eigenvalue weighted by molar-refractivity contribution is 5.95. The lowest BCUT2D eigenvalue weighted by Gasteiger charge is -2.68. The van der Waals surface area contributed by atoms with Gasteiger partial charge in [0, 0.05) is 11.8 Å². The number of aliphatic hydroxyl groups excluding tert-OH is 1. The van der Waals surface area contributed by atoms with Crippen molar-refractivity contribution < 1.29 is 15.0 Å². The number of carbonyl (C=O) groups is 1. The quantitative estimate of drug-likeness (QED) is 0.455. The first kappa shape index (κ1) is 23.2. The Morgan fingerprint density at radius 3 is 2.36 bits per heavy atom. The van der Waals surface area contributed by atoms with Crippen LogP contribution in [0.4, 0.5) is 0 Å². The van der Waals surface area contributed by atoms with Gasteiger partial charge in [0.05, 0.1) is 17.2 Å². The molecule has 5 aliphatic rings. The third-order valence-corrected chi connectivity index (χ3v) is 11.7. The van der Waals surface area contributed by atoms with Crippen LogP contribution >= 0.6 is 0 Å². The van der Waals surface area contributed by atoms with E-state index in [1.54, 1.807) is 0 Å². The Labute approximate surface area is 199 Å². The minimum atomic E-state index is -0.722. The van der Waals surface area contributed by atoms with Gasteiger partial charge in [-0.1, -0.05) is 47.1 Å². The predicted octanol–water partition coefficient (Wildman–Crippen LogP) is 6.27. The van der Waals surface area contributed by atoms with Crippen LogP contribution in [0, 0.1) is 56.7 Å². The van der Waals surface area contributed by atoms with Crippen LogP contribution in [-0.2, 0) is 4.79 Å². The number of fused-ring (bicyclic) bond motifs is 7. The molecule has 0 aromatic carbocycles. The maximum Gasteiger partial charge on any atom is 0.159 e. The number of hydrogen-bond acceptors (Lipinski definition) is 4. The standard InChI is InChI=1S/C29H41NO3/c1-17-19-7-8-27(5)22(26(19,4)14-18(16-30)24(17)32)13-21(31)23-20-15-25(2,3)9-11-29(20,33)12-10-28(23,27)6/h13,17,19-20,23,32-33H,7-12,14-15H2,1-6H3/t17-,19-,20?,23?,26-,27+,28+,29-/m0/s1. The largest absolute Gasteiger partial charge is 0.511 e. The van der Waals surface area contributed by atoms with Crippen LogP contribution in [0.5, 0.6) is 0 Å². The molecule has 0 radical (unpaired) electrons. The van der Waals surface area contributed by atoms with Crippen molar-refractivity contribution in [3.63, 3.8) is 0 Å². The van der Waals surface area contributed by atoms with Gasteiger partial charge in [-0.05, 0) is 90.9 Å².